The summed E-state index contributed by atoms with van der Waals surface area (Å²) in [6.45, 7) is 1.96. The van der Waals surface area contributed by atoms with Crippen molar-refractivity contribution in [1.29, 1.82) is 0 Å². The number of Topliss-reactive ketones (excluding diaryl/α,β-unsaturated/α-hetero) is 1. The summed E-state index contributed by atoms with van der Waals surface area (Å²) in [4.78, 5) is 12.5. The molecule has 2 aliphatic rings. The van der Waals surface area contributed by atoms with Gasteiger partial charge in [-0.1, -0.05) is 42.1 Å². The SMILES string of the molecule is C[C@@H](Sc1nnc(C2CC2)n1C1CC1)C(=O)c1ccccc1. The Balaban J connectivity index is 1.54. The van der Waals surface area contributed by atoms with Gasteiger partial charge >= 0.3 is 0 Å². The van der Waals surface area contributed by atoms with Crippen molar-refractivity contribution in [1.82, 2.24) is 14.8 Å². The lowest BCUT2D eigenvalue weighted by atomic mass is 10.1. The first kappa shape index (κ1) is 14.0. The Hall–Kier alpha value is -1.62. The van der Waals surface area contributed by atoms with Crippen molar-refractivity contribution in [2.24, 2.45) is 0 Å². The number of ketones is 1. The number of aromatic nitrogens is 3. The molecule has 2 saturated carbocycles. The van der Waals surface area contributed by atoms with Crippen LogP contribution in [0.5, 0.6) is 0 Å². The Morgan fingerprint density at radius 2 is 1.91 bits per heavy atom. The highest BCUT2D eigenvalue weighted by Crippen LogP contribution is 2.46. The zero-order chi connectivity index (χ0) is 15.1. The van der Waals surface area contributed by atoms with Gasteiger partial charge in [-0.15, -0.1) is 10.2 Å². The van der Waals surface area contributed by atoms with Crippen molar-refractivity contribution in [2.45, 2.75) is 55.0 Å². The Labute approximate surface area is 134 Å². The normalized spacial score (nSPS) is 19.1. The Kier molecular flexibility index (Phi) is 3.53. The van der Waals surface area contributed by atoms with Gasteiger partial charge in [0.05, 0.1) is 5.25 Å². The topological polar surface area (TPSA) is 47.8 Å². The van der Waals surface area contributed by atoms with Crippen molar-refractivity contribution in [3.05, 3.63) is 41.7 Å². The molecule has 0 aliphatic heterocycles. The average molecular weight is 313 g/mol. The van der Waals surface area contributed by atoms with Crippen LogP contribution in [-0.4, -0.2) is 25.8 Å². The number of benzene rings is 1. The van der Waals surface area contributed by atoms with E-state index in [0.717, 1.165) is 16.5 Å². The molecule has 5 heteroatoms. The molecule has 0 bridgehead atoms. The van der Waals surface area contributed by atoms with Crippen LogP contribution in [-0.2, 0) is 0 Å². The fourth-order valence-corrected chi connectivity index (χ4v) is 3.72. The van der Waals surface area contributed by atoms with E-state index in [9.17, 15) is 4.79 Å². The molecular formula is C17H19N3OS. The molecule has 0 N–H and O–H groups in total. The van der Waals surface area contributed by atoms with Crippen LogP contribution in [0.15, 0.2) is 35.5 Å². The highest BCUT2D eigenvalue weighted by Gasteiger charge is 2.37. The first-order valence-corrected chi connectivity index (χ1v) is 8.82. The van der Waals surface area contributed by atoms with Crippen LogP contribution in [0.25, 0.3) is 0 Å². The molecule has 22 heavy (non-hydrogen) atoms. The summed E-state index contributed by atoms with van der Waals surface area (Å²) in [5.74, 6) is 1.90. The highest BCUT2D eigenvalue weighted by molar-refractivity contribution is 8.00. The molecule has 2 aliphatic carbocycles. The second-order valence-corrected chi connectivity index (χ2v) is 7.51. The number of carbonyl (C=O) groups is 1. The predicted molar refractivity (Wildman–Crippen MR) is 86.4 cm³/mol. The maximum Gasteiger partial charge on any atom is 0.192 e. The van der Waals surface area contributed by atoms with E-state index >= 15 is 0 Å². The van der Waals surface area contributed by atoms with Gasteiger partial charge in [-0.3, -0.25) is 4.79 Å². The zero-order valence-electron chi connectivity index (χ0n) is 12.6. The van der Waals surface area contributed by atoms with Gasteiger partial charge in [-0.2, -0.15) is 0 Å². The van der Waals surface area contributed by atoms with Crippen molar-refractivity contribution in [2.75, 3.05) is 0 Å². The van der Waals surface area contributed by atoms with E-state index in [1.54, 1.807) is 11.8 Å². The predicted octanol–water partition coefficient (Wildman–Crippen LogP) is 3.85. The summed E-state index contributed by atoms with van der Waals surface area (Å²) in [5.41, 5.74) is 0.766. The third kappa shape index (κ3) is 2.70. The lowest BCUT2D eigenvalue weighted by Crippen LogP contribution is -2.14. The van der Waals surface area contributed by atoms with Crippen LogP contribution in [0.1, 0.15) is 60.7 Å². The minimum absolute atomic E-state index is 0.142. The van der Waals surface area contributed by atoms with Gasteiger partial charge in [0.15, 0.2) is 10.9 Å². The van der Waals surface area contributed by atoms with Crippen LogP contribution < -0.4 is 0 Å². The molecule has 0 spiro atoms. The fraction of sp³-hybridized carbons (Fsp3) is 0.471. The van der Waals surface area contributed by atoms with E-state index in [2.05, 4.69) is 14.8 Å². The monoisotopic (exact) mass is 313 g/mol. The van der Waals surface area contributed by atoms with Crippen LogP contribution in [0.3, 0.4) is 0 Å². The molecule has 1 heterocycles. The summed E-state index contributed by atoms with van der Waals surface area (Å²) in [6, 6.07) is 10.1. The van der Waals surface area contributed by atoms with Crippen molar-refractivity contribution >= 4 is 17.5 Å². The third-order valence-electron chi connectivity index (χ3n) is 4.26. The highest BCUT2D eigenvalue weighted by atomic mass is 32.2. The van der Waals surface area contributed by atoms with Crippen LogP contribution in [0, 0.1) is 0 Å². The van der Waals surface area contributed by atoms with Gasteiger partial charge in [0.1, 0.15) is 5.82 Å². The first-order chi connectivity index (χ1) is 10.7. The minimum Gasteiger partial charge on any atom is -0.303 e. The van der Waals surface area contributed by atoms with Gasteiger partial charge in [0, 0.05) is 17.5 Å². The molecule has 1 atom stereocenters. The molecular weight excluding hydrogens is 294 g/mol. The first-order valence-electron chi connectivity index (χ1n) is 7.94. The molecule has 2 fully saturated rings. The van der Waals surface area contributed by atoms with Gasteiger partial charge < -0.3 is 4.57 Å². The van der Waals surface area contributed by atoms with Crippen molar-refractivity contribution in [3.8, 4) is 0 Å². The van der Waals surface area contributed by atoms with Gasteiger partial charge in [-0.25, -0.2) is 0 Å². The van der Waals surface area contributed by atoms with E-state index < -0.39 is 0 Å². The molecule has 4 nitrogen and oxygen atoms in total. The molecule has 0 unspecified atom stereocenters. The van der Waals surface area contributed by atoms with E-state index in [-0.39, 0.29) is 11.0 Å². The number of hydrogen-bond acceptors (Lipinski definition) is 4. The smallest absolute Gasteiger partial charge is 0.192 e. The quantitative estimate of drug-likeness (QED) is 0.600. The van der Waals surface area contributed by atoms with Gasteiger partial charge in [-0.05, 0) is 32.6 Å². The zero-order valence-corrected chi connectivity index (χ0v) is 13.4. The summed E-state index contributed by atoms with van der Waals surface area (Å²) < 4.78 is 2.30. The standard InChI is InChI=1S/C17H19N3OS/c1-11(15(21)12-5-3-2-4-6-12)22-17-19-18-16(13-7-8-13)20(17)14-9-10-14/h2-6,11,13-14H,7-10H2,1H3/t11-/m1/s1. The molecule has 0 radical (unpaired) electrons. The van der Waals surface area contributed by atoms with Gasteiger partial charge in [0.25, 0.3) is 0 Å². The maximum atomic E-state index is 12.5. The Bertz CT molecular complexity index is 689. The van der Waals surface area contributed by atoms with E-state index in [4.69, 9.17) is 0 Å². The number of thioether (sulfide) groups is 1. The minimum atomic E-state index is -0.142. The number of nitrogens with zero attached hydrogens (tertiary/aromatic N) is 3. The maximum absolute atomic E-state index is 12.5. The molecule has 1 aromatic heterocycles. The lowest BCUT2D eigenvalue weighted by molar-refractivity contribution is 0.0994. The molecule has 114 valence electrons. The lowest BCUT2D eigenvalue weighted by Gasteiger charge is -2.12. The second-order valence-electron chi connectivity index (χ2n) is 6.21. The van der Waals surface area contributed by atoms with Gasteiger partial charge in [0.2, 0.25) is 0 Å². The summed E-state index contributed by atoms with van der Waals surface area (Å²) in [6.07, 6.45) is 4.89. The largest absolute Gasteiger partial charge is 0.303 e. The average Bonchev–Trinajstić information content (AvgIpc) is 3.46. The Morgan fingerprint density at radius 3 is 2.55 bits per heavy atom. The van der Waals surface area contributed by atoms with E-state index in [1.165, 1.54) is 25.7 Å². The molecule has 0 saturated heterocycles. The second kappa shape index (κ2) is 5.54. The summed E-state index contributed by atoms with van der Waals surface area (Å²) in [5, 5.41) is 9.56. The molecule has 0 amide bonds. The number of hydrogen-bond donors (Lipinski definition) is 0. The summed E-state index contributed by atoms with van der Waals surface area (Å²) in [7, 11) is 0. The van der Waals surface area contributed by atoms with Crippen molar-refractivity contribution in [3.63, 3.8) is 0 Å². The third-order valence-corrected chi connectivity index (χ3v) is 5.31. The molecule has 2 aromatic rings. The summed E-state index contributed by atoms with van der Waals surface area (Å²) >= 11 is 1.55. The number of rotatable bonds is 6. The van der Waals surface area contributed by atoms with Crippen LogP contribution in [0.4, 0.5) is 0 Å². The van der Waals surface area contributed by atoms with Crippen molar-refractivity contribution < 1.29 is 4.79 Å². The Morgan fingerprint density at radius 1 is 1.18 bits per heavy atom. The van der Waals surface area contributed by atoms with Crippen LogP contribution in [0.2, 0.25) is 0 Å². The number of carbonyl (C=O) groups excluding carboxylic acids is 1. The van der Waals surface area contributed by atoms with E-state index in [0.29, 0.717) is 12.0 Å². The molecule has 1 aromatic carbocycles. The molecule has 4 rings (SSSR count). The fourth-order valence-electron chi connectivity index (χ4n) is 2.71. The van der Waals surface area contributed by atoms with Crippen LogP contribution >= 0.6 is 11.8 Å². The van der Waals surface area contributed by atoms with E-state index in [1.807, 2.05) is 37.3 Å².